The van der Waals surface area contributed by atoms with E-state index < -0.39 is 23.6 Å². The zero-order valence-electron chi connectivity index (χ0n) is 15.6. The zero-order valence-corrected chi connectivity index (χ0v) is 15.6. The van der Waals surface area contributed by atoms with Crippen molar-refractivity contribution in [2.75, 3.05) is 6.61 Å². The van der Waals surface area contributed by atoms with Crippen molar-refractivity contribution in [2.45, 2.75) is 18.9 Å². The Hall–Kier alpha value is -3.67. The van der Waals surface area contributed by atoms with Gasteiger partial charge in [0.1, 0.15) is 11.3 Å². The van der Waals surface area contributed by atoms with E-state index in [2.05, 4.69) is 4.98 Å². The monoisotopic (exact) mass is 387 g/mol. The summed E-state index contributed by atoms with van der Waals surface area (Å²) in [6, 6.07) is 16.6. The van der Waals surface area contributed by atoms with Crippen molar-refractivity contribution < 1.29 is 18.7 Å². The molecule has 0 fully saturated rings. The van der Waals surface area contributed by atoms with Crippen LogP contribution in [-0.4, -0.2) is 23.7 Å². The van der Waals surface area contributed by atoms with Crippen molar-refractivity contribution in [3.63, 3.8) is 0 Å². The summed E-state index contributed by atoms with van der Waals surface area (Å²) >= 11 is 0. The Morgan fingerprint density at radius 3 is 2.86 bits per heavy atom. The molecule has 0 bridgehead atoms. The second-order valence-electron chi connectivity index (χ2n) is 6.85. The number of para-hydroxylation sites is 1. The quantitative estimate of drug-likeness (QED) is 0.393. The maximum Gasteiger partial charge on any atom is 0.348 e. The molecule has 0 radical (unpaired) electrons. The molecular weight excluding hydrogens is 370 g/mol. The molecule has 6 nitrogen and oxygen atoms in total. The van der Waals surface area contributed by atoms with Crippen LogP contribution >= 0.6 is 0 Å². The number of esters is 1. The van der Waals surface area contributed by atoms with Crippen LogP contribution in [0.1, 0.15) is 24.0 Å². The summed E-state index contributed by atoms with van der Waals surface area (Å²) in [7, 11) is 0. The second-order valence-corrected chi connectivity index (χ2v) is 6.85. The maximum atomic E-state index is 12.9. The van der Waals surface area contributed by atoms with Crippen molar-refractivity contribution in [3.05, 3.63) is 82.3 Å². The molecular formula is C23H17NO5. The molecule has 6 heteroatoms. The molecule has 1 aliphatic rings. The molecule has 0 amide bonds. The molecule has 0 spiro atoms. The van der Waals surface area contributed by atoms with Gasteiger partial charge in [0.15, 0.2) is 0 Å². The van der Waals surface area contributed by atoms with E-state index in [4.69, 9.17) is 13.9 Å². The predicted octanol–water partition coefficient (Wildman–Crippen LogP) is 3.80. The molecule has 2 aromatic carbocycles. The van der Waals surface area contributed by atoms with E-state index in [0.717, 1.165) is 16.5 Å². The lowest BCUT2D eigenvalue weighted by Crippen LogP contribution is -2.32. The van der Waals surface area contributed by atoms with E-state index >= 15 is 0 Å². The Labute approximate surface area is 165 Å². The highest BCUT2D eigenvalue weighted by molar-refractivity contribution is 5.89. The molecule has 144 valence electrons. The standard InChI is InChI=1S/C23H17NO5/c1-2-27-23(26)21-18(14-9-10-16-13(12-14)6-5-11-24-16)19-20(29-21)15-7-3-4-8-17(15)28-22(19)25/h3-12,18,21H,2H2,1H3. The average molecular weight is 387 g/mol. The lowest BCUT2D eigenvalue weighted by Gasteiger charge is -2.18. The largest absolute Gasteiger partial charge is 0.476 e. The minimum atomic E-state index is -0.965. The van der Waals surface area contributed by atoms with E-state index in [1.54, 1.807) is 25.3 Å². The molecule has 29 heavy (non-hydrogen) atoms. The van der Waals surface area contributed by atoms with E-state index in [0.29, 0.717) is 22.3 Å². The molecule has 0 N–H and O–H groups in total. The summed E-state index contributed by atoms with van der Waals surface area (Å²) in [4.78, 5) is 29.9. The van der Waals surface area contributed by atoms with Crippen LogP contribution in [0.5, 0.6) is 5.75 Å². The first kappa shape index (κ1) is 17.4. The van der Waals surface area contributed by atoms with Gasteiger partial charge in [-0.25, -0.2) is 9.59 Å². The molecule has 0 saturated heterocycles. The number of rotatable bonds is 3. The number of hydrogen-bond donors (Lipinski definition) is 0. The van der Waals surface area contributed by atoms with Gasteiger partial charge in [0.05, 0.1) is 29.0 Å². The van der Waals surface area contributed by atoms with Gasteiger partial charge in [0.2, 0.25) is 6.10 Å². The highest BCUT2D eigenvalue weighted by Gasteiger charge is 2.45. The number of fused-ring (bicyclic) bond motifs is 4. The number of hydrogen-bond acceptors (Lipinski definition) is 6. The number of nitrogens with zero attached hydrogens (tertiary/aromatic N) is 1. The summed E-state index contributed by atoms with van der Waals surface area (Å²) in [5.41, 5.74) is 1.84. The third-order valence-corrected chi connectivity index (χ3v) is 5.16. The van der Waals surface area contributed by atoms with Crippen LogP contribution in [0.4, 0.5) is 0 Å². The van der Waals surface area contributed by atoms with Gasteiger partial charge in [0, 0.05) is 11.6 Å². The number of pyridine rings is 1. The van der Waals surface area contributed by atoms with Crippen LogP contribution in [0.25, 0.3) is 21.9 Å². The van der Waals surface area contributed by atoms with Crippen LogP contribution in [0.3, 0.4) is 0 Å². The Morgan fingerprint density at radius 1 is 1.14 bits per heavy atom. The number of ether oxygens (including phenoxy) is 2. The van der Waals surface area contributed by atoms with E-state index in [1.807, 2.05) is 42.5 Å². The van der Waals surface area contributed by atoms with E-state index in [1.165, 1.54) is 0 Å². The van der Waals surface area contributed by atoms with Crippen molar-refractivity contribution in [1.82, 2.24) is 4.98 Å². The molecule has 2 atom stereocenters. The fourth-order valence-electron chi connectivity index (χ4n) is 3.91. The van der Waals surface area contributed by atoms with Crippen LogP contribution in [-0.2, 0) is 9.53 Å². The van der Waals surface area contributed by atoms with Crippen molar-refractivity contribution in [2.24, 2.45) is 0 Å². The molecule has 4 aromatic rings. The number of carbonyl (C=O) groups excluding carboxylic acids is 1. The predicted molar refractivity (Wildman–Crippen MR) is 107 cm³/mol. The second kappa shape index (κ2) is 6.74. The van der Waals surface area contributed by atoms with Gasteiger partial charge in [0.25, 0.3) is 0 Å². The molecule has 1 aliphatic heterocycles. The summed E-state index contributed by atoms with van der Waals surface area (Å²) in [6.45, 7) is 1.96. The molecule has 2 aromatic heterocycles. The Kier molecular flexibility index (Phi) is 4.05. The van der Waals surface area contributed by atoms with Gasteiger partial charge in [-0.05, 0) is 42.8 Å². The molecule has 0 aliphatic carbocycles. The van der Waals surface area contributed by atoms with Crippen LogP contribution in [0.2, 0.25) is 0 Å². The summed E-state index contributed by atoms with van der Waals surface area (Å²) in [6.07, 6.45) is 0.755. The van der Waals surface area contributed by atoms with Gasteiger partial charge in [-0.3, -0.25) is 4.98 Å². The molecule has 2 unspecified atom stereocenters. The topological polar surface area (TPSA) is 78.6 Å². The minimum absolute atomic E-state index is 0.221. The summed E-state index contributed by atoms with van der Waals surface area (Å²) in [5.74, 6) is -0.760. The summed E-state index contributed by atoms with van der Waals surface area (Å²) in [5, 5.41) is 1.56. The van der Waals surface area contributed by atoms with Crippen LogP contribution in [0.15, 0.2) is 70.0 Å². The van der Waals surface area contributed by atoms with Gasteiger partial charge in [-0.2, -0.15) is 0 Å². The molecule has 0 saturated carbocycles. The fraction of sp³-hybridized carbons (Fsp3) is 0.174. The fourth-order valence-corrected chi connectivity index (χ4v) is 3.91. The number of benzene rings is 2. The third-order valence-electron chi connectivity index (χ3n) is 5.16. The first-order valence-electron chi connectivity index (χ1n) is 9.41. The third kappa shape index (κ3) is 2.76. The van der Waals surface area contributed by atoms with Gasteiger partial charge in [-0.1, -0.05) is 24.3 Å². The van der Waals surface area contributed by atoms with Gasteiger partial charge >= 0.3 is 11.6 Å². The lowest BCUT2D eigenvalue weighted by atomic mass is 9.88. The molecule has 3 heterocycles. The Morgan fingerprint density at radius 2 is 2.00 bits per heavy atom. The Balaban J connectivity index is 1.75. The first-order valence-corrected chi connectivity index (χ1v) is 9.41. The van der Waals surface area contributed by atoms with Gasteiger partial charge in [-0.15, -0.1) is 0 Å². The van der Waals surface area contributed by atoms with Crippen LogP contribution in [0, 0.1) is 0 Å². The Bertz CT molecular complexity index is 1310. The smallest absolute Gasteiger partial charge is 0.348 e. The summed E-state index contributed by atoms with van der Waals surface area (Å²) < 4.78 is 16.8. The van der Waals surface area contributed by atoms with E-state index in [-0.39, 0.29) is 6.61 Å². The highest BCUT2D eigenvalue weighted by atomic mass is 16.6. The normalized spacial score (nSPS) is 17.8. The zero-order chi connectivity index (χ0) is 20.0. The van der Waals surface area contributed by atoms with E-state index in [9.17, 15) is 9.59 Å². The van der Waals surface area contributed by atoms with Gasteiger partial charge < -0.3 is 13.9 Å². The van der Waals surface area contributed by atoms with Crippen LogP contribution < -0.4 is 10.4 Å². The van der Waals surface area contributed by atoms with Crippen molar-refractivity contribution in [3.8, 4) is 5.75 Å². The molecule has 5 rings (SSSR count). The average Bonchev–Trinajstić information content (AvgIpc) is 3.15. The van der Waals surface area contributed by atoms with Crippen molar-refractivity contribution >= 4 is 27.8 Å². The number of carbonyl (C=O) groups is 1. The maximum absolute atomic E-state index is 12.9. The lowest BCUT2D eigenvalue weighted by molar-refractivity contribution is -0.151. The highest BCUT2D eigenvalue weighted by Crippen LogP contribution is 2.44. The van der Waals surface area contributed by atoms with Crippen molar-refractivity contribution in [1.29, 1.82) is 0 Å². The first-order chi connectivity index (χ1) is 14.2. The number of aromatic nitrogens is 1. The SMILES string of the molecule is CCOC(=O)C1Oc2c(c(=O)oc3ccccc23)C1c1ccc2ncccc2c1. The minimum Gasteiger partial charge on any atom is -0.476 e.